The van der Waals surface area contributed by atoms with Gasteiger partial charge in [0, 0.05) is 46.1 Å². The Morgan fingerprint density at radius 1 is 1.13 bits per heavy atom. The van der Waals surface area contributed by atoms with Gasteiger partial charge in [0.2, 0.25) is 5.91 Å². The highest BCUT2D eigenvalue weighted by Crippen LogP contribution is 2.41. The van der Waals surface area contributed by atoms with Crippen LogP contribution in [0.5, 0.6) is 17.2 Å². The van der Waals surface area contributed by atoms with Gasteiger partial charge < -0.3 is 25.6 Å². The number of anilines is 2. The second-order valence-corrected chi connectivity index (χ2v) is 9.58. The number of hydrogen-bond acceptors (Lipinski definition) is 9. The first-order valence-electron chi connectivity index (χ1n) is 11.7. The quantitative estimate of drug-likeness (QED) is 0.238. The van der Waals surface area contributed by atoms with Gasteiger partial charge in [0.1, 0.15) is 35.7 Å². The zero-order valence-corrected chi connectivity index (χ0v) is 22.0. The van der Waals surface area contributed by atoms with E-state index < -0.39 is 11.5 Å². The van der Waals surface area contributed by atoms with Gasteiger partial charge in [-0.1, -0.05) is 18.2 Å². The van der Waals surface area contributed by atoms with Crippen LogP contribution in [-0.2, 0) is 10.4 Å². The minimum atomic E-state index is -1.29. The number of nitrogens with two attached hydrogens (primary N) is 1. The van der Waals surface area contributed by atoms with Gasteiger partial charge in [0.05, 0.1) is 23.3 Å². The monoisotopic (exact) mass is 545 g/mol. The van der Waals surface area contributed by atoms with E-state index in [0.717, 1.165) is 0 Å². The molecule has 0 saturated carbocycles. The van der Waals surface area contributed by atoms with Crippen LogP contribution in [0.2, 0.25) is 5.02 Å². The predicted octanol–water partition coefficient (Wildman–Crippen LogP) is 4.60. The van der Waals surface area contributed by atoms with Gasteiger partial charge in [-0.3, -0.25) is 4.79 Å². The Balaban J connectivity index is 1.58. The molecule has 3 heterocycles. The summed E-state index contributed by atoms with van der Waals surface area (Å²) in [6.45, 7) is 7.07. The smallest absolute Gasteiger partial charge is 0.248 e. The summed E-state index contributed by atoms with van der Waals surface area (Å²) in [4.78, 5) is 24.7. The molecule has 39 heavy (non-hydrogen) atoms. The Morgan fingerprint density at radius 3 is 2.64 bits per heavy atom. The molecule has 0 fully saturated rings. The lowest BCUT2D eigenvalue weighted by Gasteiger charge is -2.24. The number of rotatable bonds is 8. The molecule has 198 valence electrons. The summed E-state index contributed by atoms with van der Waals surface area (Å²) in [7, 11) is 1.48. The van der Waals surface area contributed by atoms with Gasteiger partial charge in [0.25, 0.3) is 0 Å². The Kier molecular flexibility index (Phi) is 6.54. The van der Waals surface area contributed by atoms with Crippen molar-refractivity contribution in [3.8, 4) is 17.2 Å². The molecular formula is C27H24ClN7O4. The number of amides is 1. The average Bonchev–Trinajstić information content (AvgIpc) is 3.36. The second kappa shape index (κ2) is 9.86. The molecule has 3 aromatic heterocycles. The van der Waals surface area contributed by atoms with Crippen molar-refractivity contribution in [2.75, 3.05) is 12.4 Å². The summed E-state index contributed by atoms with van der Waals surface area (Å²) in [5, 5.41) is 19.2. The first-order chi connectivity index (χ1) is 18.5. The molecule has 2 aromatic carbocycles. The van der Waals surface area contributed by atoms with E-state index in [1.165, 1.54) is 19.8 Å². The van der Waals surface area contributed by atoms with Gasteiger partial charge >= 0.3 is 0 Å². The van der Waals surface area contributed by atoms with E-state index in [2.05, 4.69) is 31.9 Å². The number of carbonyl (C=O) groups excluding carboxylic acids is 1. The Bertz CT molecular complexity index is 1760. The minimum absolute atomic E-state index is 0.0783. The van der Waals surface area contributed by atoms with Crippen LogP contribution in [-0.4, -0.2) is 42.7 Å². The SMILES string of the molecule is C=C(C(N)=O)c1cc2c(Nc3cc(Cl)c(Oc4ccn5ncnc5c4)cc3C(C)(C)O)ncnc2cc1OC. The maximum atomic E-state index is 11.8. The topological polar surface area (TPSA) is 150 Å². The van der Waals surface area contributed by atoms with Crippen molar-refractivity contribution in [1.29, 1.82) is 0 Å². The summed E-state index contributed by atoms with van der Waals surface area (Å²) in [5.74, 6) is 0.933. The molecular weight excluding hydrogens is 522 g/mol. The van der Waals surface area contributed by atoms with Crippen LogP contribution in [0, 0.1) is 0 Å². The zero-order valence-electron chi connectivity index (χ0n) is 21.3. The number of aromatic nitrogens is 5. The van der Waals surface area contributed by atoms with Crippen LogP contribution in [0.15, 0.2) is 61.8 Å². The molecule has 4 N–H and O–H groups in total. The molecule has 0 atom stereocenters. The summed E-state index contributed by atoms with van der Waals surface area (Å²) in [6, 6.07) is 10.1. The number of hydrogen-bond donors (Lipinski definition) is 3. The van der Waals surface area contributed by atoms with Crippen LogP contribution in [0.4, 0.5) is 11.5 Å². The number of aliphatic hydroxyl groups is 1. The Hall–Kier alpha value is -4.74. The van der Waals surface area contributed by atoms with Crippen molar-refractivity contribution in [2.45, 2.75) is 19.4 Å². The van der Waals surface area contributed by atoms with E-state index in [1.807, 2.05) is 0 Å². The third-order valence-electron chi connectivity index (χ3n) is 6.04. The van der Waals surface area contributed by atoms with Crippen molar-refractivity contribution in [2.24, 2.45) is 5.73 Å². The molecule has 0 radical (unpaired) electrons. The number of pyridine rings is 1. The molecule has 0 bridgehead atoms. The molecule has 1 amide bonds. The van der Waals surface area contributed by atoms with Gasteiger partial charge in [-0.05, 0) is 38.1 Å². The lowest BCUT2D eigenvalue weighted by atomic mass is 9.95. The zero-order chi connectivity index (χ0) is 27.9. The van der Waals surface area contributed by atoms with E-state index in [0.29, 0.717) is 56.4 Å². The first-order valence-corrected chi connectivity index (χ1v) is 12.1. The largest absolute Gasteiger partial charge is 0.496 e. The van der Waals surface area contributed by atoms with Gasteiger partial charge in [0.15, 0.2) is 5.65 Å². The van der Waals surface area contributed by atoms with E-state index >= 15 is 0 Å². The number of nitrogens with zero attached hydrogens (tertiary/aromatic N) is 5. The van der Waals surface area contributed by atoms with E-state index in [1.54, 1.807) is 61.0 Å². The Labute approximate surface area is 227 Å². The number of fused-ring (bicyclic) bond motifs is 2. The van der Waals surface area contributed by atoms with Crippen molar-refractivity contribution in [3.63, 3.8) is 0 Å². The molecule has 5 rings (SSSR count). The van der Waals surface area contributed by atoms with Crippen LogP contribution in [0.25, 0.3) is 22.1 Å². The average molecular weight is 546 g/mol. The molecule has 11 nitrogen and oxygen atoms in total. The standard InChI is InChI=1S/C27H24ClN7O4/c1-14(25(29)36)16-8-17-20(11-22(16)38-4)30-12-32-26(17)34-21-10-19(28)23(9-18(21)27(2,3)37)39-15-5-6-35-24(7-15)31-13-33-35/h5-13,37H,1H2,2-4H3,(H2,29,36)(H,30,32,34). The normalized spacial score (nSPS) is 11.5. The third-order valence-corrected chi connectivity index (χ3v) is 6.34. The molecule has 0 aliphatic rings. The van der Waals surface area contributed by atoms with Crippen LogP contribution in [0.1, 0.15) is 25.0 Å². The maximum absolute atomic E-state index is 11.8. The fourth-order valence-electron chi connectivity index (χ4n) is 4.08. The summed E-state index contributed by atoms with van der Waals surface area (Å²) >= 11 is 6.63. The maximum Gasteiger partial charge on any atom is 0.248 e. The number of halogens is 1. The lowest BCUT2D eigenvalue weighted by molar-refractivity contribution is -0.112. The molecule has 0 aliphatic carbocycles. The third kappa shape index (κ3) is 5.05. The molecule has 0 aliphatic heterocycles. The highest BCUT2D eigenvalue weighted by atomic mass is 35.5. The van der Waals surface area contributed by atoms with Crippen molar-refractivity contribution >= 4 is 51.1 Å². The molecule has 5 aromatic rings. The highest BCUT2D eigenvalue weighted by molar-refractivity contribution is 6.32. The lowest BCUT2D eigenvalue weighted by Crippen LogP contribution is -2.18. The summed E-state index contributed by atoms with van der Waals surface area (Å²) < 4.78 is 13.1. The van der Waals surface area contributed by atoms with Gasteiger partial charge in [-0.2, -0.15) is 5.10 Å². The fraction of sp³-hybridized carbons (Fsp3) is 0.148. The van der Waals surface area contributed by atoms with E-state index in [-0.39, 0.29) is 10.6 Å². The van der Waals surface area contributed by atoms with Crippen molar-refractivity contribution in [3.05, 3.63) is 78.0 Å². The van der Waals surface area contributed by atoms with Crippen molar-refractivity contribution in [1.82, 2.24) is 24.6 Å². The second-order valence-electron chi connectivity index (χ2n) is 9.17. The number of ether oxygens (including phenoxy) is 2. The number of methoxy groups -OCH3 is 1. The molecule has 0 saturated heterocycles. The molecule has 0 unspecified atom stereocenters. The summed E-state index contributed by atoms with van der Waals surface area (Å²) in [6.07, 6.45) is 4.55. The number of carbonyl (C=O) groups is 1. The fourth-order valence-corrected chi connectivity index (χ4v) is 4.28. The number of primary amides is 1. The van der Waals surface area contributed by atoms with Crippen LogP contribution < -0.4 is 20.5 Å². The van der Waals surface area contributed by atoms with Crippen molar-refractivity contribution < 1.29 is 19.4 Å². The van der Waals surface area contributed by atoms with E-state index in [4.69, 9.17) is 26.8 Å². The van der Waals surface area contributed by atoms with Crippen LogP contribution >= 0.6 is 11.6 Å². The number of benzene rings is 2. The first kappa shape index (κ1) is 25.9. The van der Waals surface area contributed by atoms with Gasteiger partial charge in [-0.25, -0.2) is 19.5 Å². The Morgan fingerprint density at radius 2 is 1.92 bits per heavy atom. The van der Waals surface area contributed by atoms with Crippen LogP contribution in [0.3, 0.4) is 0 Å². The van der Waals surface area contributed by atoms with E-state index in [9.17, 15) is 9.90 Å². The highest BCUT2D eigenvalue weighted by Gasteiger charge is 2.24. The molecule has 0 spiro atoms. The summed E-state index contributed by atoms with van der Waals surface area (Å²) in [5.41, 5.74) is 6.79. The van der Waals surface area contributed by atoms with Gasteiger partial charge in [-0.15, -0.1) is 0 Å². The number of nitrogens with one attached hydrogen (secondary N) is 1. The minimum Gasteiger partial charge on any atom is -0.496 e. The predicted molar refractivity (Wildman–Crippen MR) is 147 cm³/mol. The molecule has 12 heteroatoms.